The van der Waals surface area contributed by atoms with Gasteiger partial charge in [-0.1, -0.05) is 44.0 Å². The fraction of sp³-hybridized carbons (Fsp3) is 0. The normalized spacial score (nSPS) is 12.9. The summed E-state index contributed by atoms with van der Waals surface area (Å²) >= 11 is 6.79. The predicted octanol–water partition coefficient (Wildman–Crippen LogP) is 6.24. The number of imide groups is 1. The number of nitrogens with one attached hydrogen (secondary N) is 2. The Kier molecular flexibility index (Phi) is 5.11. The van der Waals surface area contributed by atoms with Gasteiger partial charge in [0, 0.05) is 48.8 Å². The number of aromatic nitrogens is 2. The minimum Gasteiger partial charge on any atom is -0.398 e. The molecule has 1 aliphatic heterocycles. The molecule has 2 amide bonds. The predicted molar refractivity (Wildman–Crippen MR) is 134 cm³/mol. The zero-order valence-electron chi connectivity index (χ0n) is 16.5. The van der Waals surface area contributed by atoms with Crippen LogP contribution in [0.25, 0.3) is 21.8 Å². The van der Waals surface area contributed by atoms with Gasteiger partial charge in [-0.05, 0) is 48.5 Å². The molecule has 0 spiro atoms. The number of H-pyrrole nitrogens is 2. The van der Waals surface area contributed by atoms with Crippen LogP contribution >= 0.6 is 31.9 Å². The zero-order valence-corrected chi connectivity index (χ0v) is 19.7. The summed E-state index contributed by atoms with van der Waals surface area (Å²) in [6, 6.07) is 18.3. The molecular weight excluding hydrogens is 536 g/mol. The van der Waals surface area contributed by atoms with Crippen LogP contribution in [-0.2, 0) is 0 Å². The lowest BCUT2D eigenvalue weighted by Crippen LogP contribution is -2.29. The highest BCUT2D eigenvalue weighted by Gasteiger charge is 2.37. The minimum atomic E-state index is -0.281. The number of nitrogens with zero attached hydrogens (tertiary/aromatic N) is 1. The Morgan fingerprint density at radius 1 is 0.719 bits per heavy atom. The third-order valence-corrected chi connectivity index (χ3v) is 6.23. The van der Waals surface area contributed by atoms with Gasteiger partial charge in [-0.15, -0.1) is 0 Å². The standard InChI is InChI=1S/C16H9BrN2O2.C8H7BrN2/c17-9-7-13-12(5-6-18-13)14(8-9)19-15(20)10-3-1-2-4-11(10)16(19)21;9-5-3-7(10)6-1-2-11-8(6)4-5/h1-8,18H;1-4,11H,10H2. The molecule has 6 rings (SSSR count). The van der Waals surface area contributed by atoms with Gasteiger partial charge in [-0.2, -0.15) is 0 Å². The zero-order chi connectivity index (χ0) is 22.4. The van der Waals surface area contributed by atoms with Crippen molar-refractivity contribution in [2.45, 2.75) is 0 Å². The Balaban J connectivity index is 0.000000165. The number of halogens is 2. The van der Waals surface area contributed by atoms with E-state index in [4.69, 9.17) is 5.73 Å². The molecule has 0 saturated carbocycles. The molecule has 0 aliphatic carbocycles. The van der Waals surface area contributed by atoms with Gasteiger partial charge in [0.2, 0.25) is 0 Å². The van der Waals surface area contributed by atoms with Crippen molar-refractivity contribution < 1.29 is 9.59 Å². The monoisotopic (exact) mass is 550 g/mol. The molecule has 0 radical (unpaired) electrons. The van der Waals surface area contributed by atoms with Crippen molar-refractivity contribution in [2.24, 2.45) is 0 Å². The fourth-order valence-corrected chi connectivity index (χ4v) is 4.79. The number of rotatable bonds is 1. The highest BCUT2D eigenvalue weighted by molar-refractivity contribution is 9.10. The first-order valence-corrected chi connectivity index (χ1v) is 11.3. The van der Waals surface area contributed by atoms with Crippen molar-refractivity contribution in [2.75, 3.05) is 10.6 Å². The number of amides is 2. The van der Waals surface area contributed by atoms with Gasteiger partial charge < -0.3 is 15.7 Å². The van der Waals surface area contributed by atoms with Gasteiger partial charge in [-0.3, -0.25) is 9.59 Å². The second-order valence-electron chi connectivity index (χ2n) is 7.29. The smallest absolute Gasteiger partial charge is 0.266 e. The van der Waals surface area contributed by atoms with Crippen molar-refractivity contribution in [1.82, 2.24) is 9.97 Å². The maximum atomic E-state index is 12.6. The lowest BCUT2D eigenvalue weighted by molar-refractivity contribution is 0.0926. The first-order valence-electron chi connectivity index (χ1n) is 9.70. The van der Waals surface area contributed by atoms with Crippen LogP contribution in [0.3, 0.4) is 0 Å². The van der Waals surface area contributed by atoms with Gasteiger partial charge >= 0.3 is 0 Å². The summed E-state index contributed by atoms with van der Waals surface area (Å²) < 4.78 is 1.81. The van der Waals surface area contributed by atoms with Crippen molar-refractivity contribution in [3.05, 3.63) is 93.1 Å². The van der Waals surface area contributed by atoms with Gasteiger partial charge in [0.15, 0.2) is 0 Å². The van der Waals surface area contributed by atoms with E-state index in [1.165, 1.54) is 4.90 Å². The van der Waals surface area contributed by atoms with Crippen molar-refractivity contribution >= 4 is 76.9 Å². The molecule has 32 heavy (non-hydrogen) atoms. The van der Waals surface area contributed by atoms with Crippen molar-refractivity contribution in [1.29, 1.82) is 0 Å². The Morgan fingerprint density at radius 2 is 1.25 bits per heavy atom. The number of aromatic amines is 2. The summed E-state index contributed by atoms with van der Waals surface area (Å²) in [4.78, 5) is 32.6. The quantitative estimate of drug-likeness (QED) is 0.170. The van der Waals surface area contributed by atoms with E-state index in [1.54, 1.807) is 36.5 Å². The van der Waals surface area contributed by atoms with Gasteiger partial charge in [-0.25, -0.2) is 4.90 Å². The number of hydrogen-bond acceptors (Lipinski definition) is 3. The number of carbonyl (C=O) groups is 2. The number of carbonyl (C=O) groups excluding carboxylic acids is 2. The van der Waals surface area contributed by atoms with Gasteiger partial charge in [0.05, 0.1) is 16.8 Å². The molecular formula is C24H16Br2N4O2. The summed E-state index contributed by atoms with van der Waals surface area (Å²) in [6.07, 6.45) is 3.67. The largest absolute Gasteiger partial charge is 0.398 e. The minimum absolute atomic E-state index is 0.281. The second kappa shape index (κ2) is 7.96. The van der Waals surface area contributed by atoms with Crippen LogP contribution in [0.4, 0.5) is 11.4 Å². The Labute approximate surface area is 199 Å². The van der Waals surface area contributed by atoms with Crippen LogP contribution in [0.5, 0.6) is 0 Å². The number of hydrogen-bond donors (Lipinski definition) is 3. The first kappa shape index (κ1) is 20.5. The van der Waals surface area contributed by atoms with Crippen LogP contribution in [0.2, 0.25) is 0 Å². The highest BCUT2D eigenvalue weighted by Crippen LogP contribution is 2.35. The van der Waals surface area contributed by atoms with Crippen LogP contribution in [0.1, 0.15) is 20.7 Å². The van der Waals surface area contributed by atoms with E-state index in [2.05, 4.69) is 41.8 Å². The summed E-state index contributed by atoms with van der Waals surface area (Å²) in [7, 11) is 0. The highest BCUT2D eigenvalue weighted by atomic mass is 79.9. The van der Waals surface area contributed by atoms with E-state index >= 15 is 0 Å². The van der Waals surface area contributed by atoms with E-state index in [0.717, 1.165) is 36.4 Å². The SMILES string of the molecule is Nc1cc(Br)cc2[nH]ccc12.O=C1c2ccccc2C(=O)N1c1cc(Br)cc2[nH]ccc12. The van der Waals surface area contributed by atoms with E-state index in [9.17, 15) is 9.59 Å². The summed E-state index contributed by atoms with van der Waals surface area (Å²) in [6.45, 7) is 0. The van der Waals surface area contributed by atoms with Gasteiger partial charge in [0.25, 0.3) is 11.8 Å². The molecule has 1 aliphatic rings. The van der Waals surface area contributed by atoms with E-state index in [0.29, 0.717) is 16.8 Å². The van der Waals surface area contributed by atoms with E-state index in [-0.39, 0.29) is 11.8 Å². The lowest BCUT2D eigenvalue weighted by Gasteiger charge is -2.15. The summed E-state index contributed by atoms with van der Waals surface area (Å²) in [5.41, 5.74) is 9.98. The third-order valence-electron chi connectivity index (χ3n) is 5.31. The number of anilines is 2. The maximum absolute atomic E-state index is 12.6. The van der Waals surface area contributed by atoms with Crippen molar-refractivity contribution in [3.8, 4) is 0 Å². The molecule has 5 aromatic rings. The average Bonchev–Trinajstić information content (AvgIpc) is 3.48. The summed E-state index contributed by atoms with van der Waals surface area (Å²) in [5, 5.41) is 1.92. The molecule has 4 N–H and O–H groups in total. The molecule has 158 valence electrons. The van der Waals surface area contributed by atoms with Crippen LogP contribution in [0, 0.1) is 0 Å². The van der Waals surface area contributed by atoms with Crippen LogP contribution in [-0.4, -0.2) is 21.8 Å². The molecule has 3 aromatic carbocycles. The molecule has 0 unspecified atom stereocenters. The molecule has 3 heterocycles. The third kappa shape index (κ3) is 3.41. The topological polar surface area (TPSA) is 95.0 Å². The lowest BCUT2D eigenvalue weighted by atomic mass is 10.1. The van der Waals surface area contributed by atoms with Gasteiger partial charge in [0.1, 0.15) is 0 Å². The maximum Gasteiger partial charge on any atom is 0.266 e. The Hall–Kier alpha value is -3.36. The molecule has 0 saturated heterocycles. The number of fused-ring (bicyclic) bond motifs is 3. The molecule has 0 atom stereocenters. The first-order chi connectivity index (χ1) is 15.4. The molecule has 0 bridgehead atoms. The molecule has 0 fully saturated rings. The number of nitrogens with two attached hydrogens (primary N) is 1. The van der Waals surface area contributed by atoms with Crippen LogP contribution in [0.15, 0.2) is 82.0 Å². The second-order valence-corrected chi connectivity index (χ2v) is 9.12. The summed E-state index contributed by atoms with van der Waals surface area (Å²) in [5.74, 6) is -0.563. The number of benzene rings is 3. The van der Waals surface area contributed by atoms with Crippen molar-refractivity contribution in [3.63, 3.8) is 0 Å². The molecule has 8 heteroatoms. The van der Waals surface area contributed by atoms with E-state index < -0.39 is 0 Å². The molecule has 2 aromatic heterocycles. The fourth-order valence-electron chi connectivity index (χ4n) is 3.87. The van der Waals surface area contributed by atoms with E-state index in [1.807, 2.05) is 36.5 Å². The van der Waals surface area contributed by atoms with Crippen LogP contribution < -0.4 is 10.6 Å². The molecule has 6 nitrogen and oxygen atoms in total. The average molecular weight is 552 g/mol. The number of nitrogen functional groups attached to an aromatic ring is 1. The Morgan fingerprint density at radius 3 is 1.88 bits per heavy atom. The Bertz CT molecular complexity index is 1480.